The molecule has 4 nitrogen and oxygen atoms in total. The molecule has 18 heavy (non-hydrogen) atoms. The Morgan fingerprint density at radius 2 is 2.22 bits per heavy atom. The van der Waals surface area contributed by atoms with Gasteiger partial charge in [-0.15, -0.1) is 11.3 Å². The number of hydrogen-bond acceptors (Lipinski definition) is 5. The van der Waals surface area contributed by atoms with Crippen molar-refractivity contribution < 1.29 is 9.53 Å². The Kier molecular flexibility index (Phi) is 4.36. The zero-order valence-corrected chi connectivity index (χ0v) is 13.0. The van der Waals surface area contributed by atoms with Crippen LogP contribution >= 0.6 is 43.2 Å². The molecular weight excluding hydrogens is 384 g/mol. The molecule has 0 aromatic carbocycles. The van der Waals surface area contributed by atoms with Crippen LogP contribution in [-0.4, -0.2) is 11.0 Å². The smallest absolute Gasteiger partial charge is 0.339 e. The average Bonchev–Trinajstić information content (AvgIpc) is 2.75. The lowest BCUT2D eigenvalue weighted by Gasteiger charge is -2.05. The van der Waals surface area contributed by atoms with Gasteiger partial charge in [-0.3, -0.25) is 0 Å². The van der Waals surface area contributed by atoms with E-state index in [0.717, 1.165) is 9.35 Å². The summed E-state index contributed by atoms with van der Waals surface area (Å²) in [6.07, 6.45) is 1.48. The van der Waals surface area contributed by atoms with Crippen molar-refractivity contribution >= 4 is 55.0 Å². The molecule has 0 spiro atoms. The number of thiophene rings is 1. The van der Waals surface area contributed by atoms with Crippen molar-refractivity contribution in [3.8, 4) is 0 Å². The Hall–Kier alpha value is -0.920. The van der Waals surface area contributed by atoms with Gasteiger partial charge in [0.1, 0.15) is 12.4 Å². The molecule has 0 saturated heterocycles. The fraction of sp³-hybridized carbons (Fsp3) is 0.0909. The van der Waals surface area contributed by atoms with Crippen LogP contribution in [0.4, 0.5) is 5.82 Å². The highest BCUT2D eigenvalue weighted by Gasteiger charge is 2.13. The maximum absolute atomic E-state index is 11.9. The first-order chi connectivity index (χ1) is 8.56. The number of carbonyl (C=O) groups is 1. The minimum atomic E-state index is -0.430. The number of pyridine rings is 1. The van der Waals surface area contributed by atoms with Gasteiger partial charge in [-0.1, -0.05) is 0 Å². The largest absolute Gasteiger partial charge is 0.456 e. The highest BCUT2D eigenvalue weighted by Crippen LogP contribution is 2.22. The molecule has 2 aromatic rings. The number of halogens is 2. The van der Waals surface area contributed by atoms with E-state index in [1.54, 1.807) is 0 Å². The summed E-state index contributed by atoms with van der Waals surface area (Å²) in [5.74, 6) is -0.149. The zero-order valence-electron chi connectivity index (χ0n) is 9.02. The summed E-state index contributed by atoms with van der Waals surface area (Å²) >= 11 is 8.10. The van der Waals surface area contributed by atoms with Gasteiger partial charge < -0.3 is 10.5 Å². The summed E-state index contributed by atoms with van der Waals surface area (Å²) in [5.41, 5.74) is 5.91. The Bertz CT molecular complexity index is 586. The molecule has 0 unspecified atom stereocenters. The lowest BCUT2D eigenvalue weighted by molar-refractivity contribution is 0.0475. The number of ether oxygens (including phenoxy) is 1. The van der Waals surface area contributed by atoms with E-state index in [1.165, 1.54) is 23.6 Å². The van der Waals surface area contributed by atoms with Gasteiger partial charge in [0, 0.05) is 20.9 Å². The molecule has 0 aliphatic carbocycles. The van der Waals surface area contributed by atoms with Crippen molar-refractivity contribution in [3.63, 3.8) is 0 Å². The quantitative estimate of drug-likeness (QED) is 0.811. The van der Waals surface area contributed by atoms with Crippen molar-refractivity contribution in [3.05, 3.63) is 43.1 Å². The van der Waals surface area contributed by atoms with Crippen molar-refractivity contribution in [1.29, 1.82) is 0 Å². The topological polar surface area (TPSA) is 65.2 Å². The van der Waals surface area contributed by atoms with Crippen LogP contribution in [0, 0.1) is 0 Å². The predicted octanol–water partition coefficient (Wildman–Crippen LogP) is 3.61. The first-order valence-electron chi connectivity index (χ1n) is 4.87. The second kappa shape index (κ2) is 5.81. The van der Waals surface area contributed by atoms with Crippen LogP contribution in [0.5, 0.6) is 0 Å². The van der Waals surface area contributed by atoms with Gasteiger partial charge in [0.25, 0.3) is 0 Å². The predicted molar refractivity (Wildman–Crippen MR) is 77.5 cm³/mol. The molecular formula is C11H8Br2N2O2S. The number of anilines is 1. The number of nitrogens with zero attached hydrogens (tertiary/aromatic N) is 1. The van der Waals surface area contributed by atoms with E-state index in [4.69, 9.17) is 10.5 Å². The van der Waals surface area contributed by atoms with E-state index in [1.807, 2.05) is 11.4 Å². The summed E-state index contributed by atoms with van der Waals surface area (Å²) in [4.78, 5) is 16.7. The Morgan fingerprint density at radius 1 is 1.44 bits per heavy atom. The molecule has 0 atom stereocenters. The molecule has 7 heteroatoms. The van der Waals surface area contributed by atoms with Crippen molar-refractivity contribution in [1.82, 2.24) is 4.98 Å². The van der Waals surface area contributed by atoms with Crippen LogP contribution in [0.2, 0.25) is 0 Å². The summed E-state index contributed by atoms with van der Waals surface area (Å²) in [6.45, 7) is 0.240. The van der Waals surface area contributed by atoms with Gasteiger partial charge in [-0.05, 0) is 44.0 Å². The molecule has 0 aliphatic rings. The third-order valence-corrected chi connectivity index (χ3v) is 4.37. The van der Waals surface area contributed by atoms with E-state index < -0.39 is 5.97 Å². The second-order valence-corrected chi connectivity index (χ2v) is 6.16. The third kappa shape index (κ3) is 3.30. The number of nitrogen functional groups attached to an aromatic ring is 1. The van der Waals surface area contributed by atoms with Crippen molar-refractivity contribution in [2.45, 2.75) is 6.61 Å². The molecule has 0 radical (unpaired) electrons. The van der Waals surface area contributed by atoms with Crippen LogP contribution in [0.1, 0.15) is 15.2 Å². The first-order valence-corrected chi connectivity index (χ1v) is 7.34. The number of aromatic nitrogens is 1. The SMILES string of the molecule is Nc1cc(C(=O)OCc2cc(Br)cs2)c(Br)cn1. The molecule has 2 rings (SSSR count). The van der Waals surface area contributed by atoms with Crippen LogP contribution in [0.3, 0.4) is 0 Å². The number of carbonyl (C=O) groups excluding carboxylic acids is 1. The molecule has 2 aromatic heterocycles. The van der Waals surface area contributed by atoms with Gasteiger partial charge >= 0.3 is 5.97 Å². The van der Waals surface area contributed by atoms with Gasteiger partial charge in [0.2, 0.25) is 0 Å². The minimum absolute atomic E-state index is 0.240. The maximum atomic E-state index is 11.9. The third-order valence-electron chi connectivity index (χ3n) is 2.06. The fourth-order valence-electron chi connectivity index (χ4n) is 1.26. The van der Waals surface area contributed by atoms with Gasteiger partial charge in [0.05, 0.1) is 10.0 Å². The maximum Gasteiger partial charge on any atom is 0.339 e. The molecule has 94 valence electrons. The number of nitrogens with two attached hydrogens (primary N) is 1. The minimum Gasteiger partial charge on any atom is -0.456 e. The van der Waals surface area contributed by atoms with E-state index in [0.29, 0.717) is 10.0 Å². The summed E-state index contributed by atoms with van der Waals surface area (Å²) in [7, 11) is 0. The lowest BCUT2D eigenvalue weighted by atomic mass is 10.2. The standard InChI is InChI=1S/C11H8Br2N2O2S/c12-6-1-7(18-5-6)4-17-11(16)8-2-10(14)15-3-9(8)13/h1-3,5H,4H2,(H2,14,15). The van der Waals surface area contributed by atoms with Crippen LogP contribution in [0.25, 0.3) is 0 Å². The van der Waals surface area contributed by atoms with Crippen LogP contribution < -0.4 is 5.73 Å². The molecule has 0 aliphatic heterocycles. The van der Waals surface area contributed by atoms with Gasteiger partial charge in [0.15, 0.2) is 0 Å². The highest BCUT2D eigenvalue weighted by molar-refractivity contribution is 9.10. The van der Waals surface area contributed by atoms with E-state index in [-0.39, 0.29) is 12.4 Å². The van der Waals surface area contributed by atoms with Crippen LogP contribution in [-0.2, 0) is 11.3 Å². The summed E-state index contributed by atoms with van der Waals surface area (Å²) in [5, 5.41) is 1.93. The van der Waals surface area contributed by atoms with E-state index in [2.05, 4.69) is 36.8 Å². The Balaban J connectivity index is 2.05. The normalized spacial score (nSPS) is 10.3. The summed E-state index contributed by atoms with van der Waals surface area (Å²) in [6, 6.07) is 3.39. The zero-order chi connectivity index (χ0) is 13.1. The summed E-state index contributed by atoms with van der Waals surface area (Å²) < 4.78 is 6.74. The molecule has 0 amide bonds. The fourth-order valence-corrected chi connectivity index (χ4v) is 3.00. The van der Waals surface area contributed by atoms with Gasteiger partial charge in [-0.25, -0.2) is 9.78 Å². The molecule has 0 bridgehead atoms. The van der Waals surface area contributed by atoms with Crippen molar-refractivity contribution in [2.75, 3.05) is 5.73 Å². The number of hydrogen-bond donors (Lipinski definition) is 1. The number of rotatable bonds is 3. The van der Waals surface area contributed by atoms with Crippen molar-refractivity contribution in [2.24, 2.45) is 0 Å². The first kappa shape index (κ1) is 13.5. The molecule has 2 heterocycles. The van der Waals surface area contributed by atoms with Crippen LogP contribution in [0.15, 0.2) is 32.7 Å². The molecule has 0 saturated carbocycles. The highest BCUT2D eigenvalue weighted by atomic mass is 79.9. The Labute approximate surface area is 124 Å². The average molecular weight is 392 g/mol. The van der Waals surface area contributed by atoms with E-state index >= 15 is 0 Å². The van der Waals surface area contributed by atoms with Gasteiger partial charge in [-0.2, -0.15) is 0 Å². The molecule has 0 fully saturated rings. The number of esters is 1. The Morgan fingerprint density at radius 3 is 2.89 bits per heavy atom. The second-order valence-electron chi connectivity index (χ2n) is 3.40. The van der Waals surface area contributed by atoms with E-state index in [9.17, 15) is 4.79 Å². The lowest BCUT2D eigenvalue weighted by Crippen LogP contribution is -2.07. The monoisotopic (exact) mass is 390 g/mol. The molecule has 2 N–H and O–H groups in total.